The molecule has 1 aromatic heterocycles. The highest BCUT2D eigenvalue weighted by atomic mass is 32.2. The lowest BCUT2D eigenvalue weighted by Gasteiger charge is -2.02. The number of hydrogen-bond acceptors (Lipinski definition) is 5. The minimum Gasteiger partial charge on any atom is -0.380 e. The quantitative estimate of drug-likeness (QED) is 0.686. The van der Waals surface area contributed by atoms with Gasteiger partial charge >= 0.3 is 0 Å². The number of ether oxygens (including phenoxy) is 1. The zero-order valence-corrected chi connectivity index (χ0v) is 14.4. The van der Waals surface area contributed by atoms with Crippen LogP contribution in [0.1, 0.15) is 17.0 Å². The van der Waals surface area contributed by atoms with Gasteiger partial charge in [-0.1, -0.05) is 35.5 Å². The van der Waals surface area contributed by atoms with Crippen LogP contribution >= 0.6 is 0 Å². The van der Waals surface area contributed by atoms with Crippen molar-refractivity contribution >= 4 is 10.8 Å². The van der Waals surface area contributed by atoms with Gasteiger partial charge in [-0.15, -0.1) is 0 Å². The van der Waals surface area contributed by atoms with Gasteiger partial charge in [-0.2, -0.15) is 4.98 Å². The second kappa shape index (κ2) is 7.51. The molecule has 0 spiro atoms. The van der Waals surface area contributed by atoms with Crippen LogP contribution in [0.25, 0.3) is 11.5 Å². The lowest BCUT2D eigenvalue weighted by atomic mass is 10.1. The van der Waals surface area contributed by atoms with Crippen LogP contribution in [-0.4, -0.2) is 21.5 Å². The van der Waals surface area contributed by atoms with Gasteiger partial charge in [0.25, 0.3) is 5.89 Å². The lowest BCUT2D eigenvalue weighted by Crippen LogP contribution is -1.99. The summed E-state index contributed by atoms with van der Waals surface area (Å²) in [4.78, 5) is 5.10. The number of benzene rings is 2. The zero-order valence-electron chi connectivity index (χ0n) is 13.6. The summed E-state index contributed by atoms with van der Waals surface area (Å²) in [5.74, 6) is 1.11. The second-order valence-corrected chi connectivity index (χ2v) is 6.85. The van der Waals surface area contributed by atoms with E-state index in [1.165, 1.54) is 0 Å². The molecule has 0 fully saturated rings. The van der Waals surface area contributed by atoms with Crippen LogP contribution in [0, 0.1) is 6.92 Å². The molecule has 0 aliphatic rings. The molecule has 0 aliphatic heterocycles. The SMILES string of the molecule is COCc1ccc([S@](=O)Cc2noc(-c3ccccc3C)n2)cc1. The first-order chi connectivity index (χ1) is 11.7. The van der Waals surface area contributed by atoms with E-state index in [-0.39, 0.29) is 5.75 Å². The maximum atomic E-state index is 12.5. The molecular weight excluding hydrogens is 324 g/mol. The van der Waals surface area contributed by atoms with E-state index >= 15 is 0 Å². The molecule has 24 heavy (non-hydrogen) atoms. The van der Waals surface area contributed by atoms with Gasteiger partial charge in [0.1, 0.15) is 0 Å². The predicted molar refractivity (Wildman–Crippen MR) is 91.7 cm³/mol. The van der Waals surface area contributed by atoms with E-state index in [9.17, 15) is 4.21 Å². The Balaban J connectivity index is 1.72. The maximum Gasteiger partial charge on any atom is 0.258 e. The molecule has 3 rings (SSSR count). The molecule has 2 aromatic carbocycles. The number of aryl methyl sites for hydroxylation is 1. The van der Waals surface area contributed by atoms with Crippen molar-refractivity contribution in [3.05, 3.63) is 65.5 Å². The van der Waals surface area contributed by atoms with Crippen LogP contribution in [0.4, 0.5) is 0 Å². The number of methoxy groups -OCH3 is 1. The molecule has 6 heteroatoms. The van der Waals surface area contributed by atoms with E-state index in [4.69, 9.17) is 9.26 Å². The van der Waals surface area contributed by atoms with Crippen molar-refractivity contribution in [2.24, 2.45) is 0 Å². The zero-order chi connectivity index (χ0) is 16.9. The molecule has 3 aromatic rings. The smallest absolute Gasteiger partial charge is 0.258 e. The molecule has 0 unspecified atom stereocenters. The van der Waals surface area contributed by atoms with Crippen LogP contribution in [0.2, 0.25) is 0 Å². The van der Waals surface area contributed by atoms with E-state index < -0.39 is 10.8 Å². The van der Waals surface area contributed by atoms with Gasteiger partial charge in [0, 0.05) is 17.6 Å². The van der Waals surface area contributed by atoms with Crippen LogP contribution in [0.5, 0.6) is 0 Å². The van der Waals surface area contributed by atoms with Crippen molar-refractivity contribution in [3.63, 3.8) is 0 Å². The van der Waals surface area contributed by atoms with E-state index in [1.807, 2.05) is 55.5 Å². The minimum absolute atomic E-state index is 0.221. The molecular formula is C18H18N2O3S. The average Bonchev–Trinajstić information content (AvgIpc) is 3.04. The van der Waals surface area contributed by atoms with Crippen LogP contribution < -0.4 is 0 Å². The van der Waals surface area contributed by atoms with Gasteiger partial charge in [0.2, 0.25) is 0 Å². The Morgan fingerprint density at radius 1 is 1.12 bits per heavy atom. The summed E-state index contributed by atoms with van der Waals surface area (Å²) in [7, 11) is 0.426. The first kappa shape index (κ1) is 16.5. The lowest BCUT2D eigenvalue weighted by molar-refractivity contribution is 0.185. The van der Waals surface area contributed by atoms with Gasteiger partial charge in [-0.3, -0.25) is 4.21 Å². The van der Waals surface area contributed by atoms with Crippen molar-refractivity contribution in [2.45, 2.75) is 24.2 Å². The molecule has 5 nitrogen and oxygen atoms in total. The standard InChI is InChI=1S/C18H18N2O3S/c1-13-5-3-4-6-16(13)18-19-17(20-23-18)12-24(21)15-9-7-14(8-10-15)11-22-2/h3-10H,11-12H2,1-2H3/t24-/m1/s1. The summed E-state index contributed by atoms with van der Waals surface area (Å²) in [6.07, 6.45) is 0. The van der Waals surface area contributed by atoms with Gasteiger partial charge < -0.3 is 9.26 Å². The second-order valence-electron chi connectivity index (χ2n) is 5.40. The fourth-order valence-electron chi connectivity index (χ4n) is 2.34. The van der Waals surface area contributed by atoms with E-state index in [2.05, 4.69) is 10.1 Å². The minimum atomic E-state index is -1.22. The molecule has 1 heterocycles. The Morgan fingerprint density at radius 2 is 1.88 bits per heavy atom. The van der Waals surface area contributed by atoms with Gasteiger partial charge in [0.15, 0.2) is 5.82 Å². The van der Waals surface area contributed by atoms with Crippen molar-refractivity contribution in [2.75, 3.05) is 7.11 Å². The highest BCUT2D eigenvalue weighted by molar-refractivity contribution is 7.84. The molecule has 0 aliphatic carbocycles. The Kier molecular flexibility index (Phi) is 5.17. The molecule has 0 radical (unpaired) electrons. The molecule has 0 bridgehead atoms. The third-order valence-corrected chi connectivity index (χ3v) is 4.92. The average molecular weight is 342 g/mol. The maximum absolute atomic E-state index is 12.5. The summed E-state index contributed by atoms with van der Waals surface area (Å²) in [6.45, 7) is 2.52. The molecule has 0 N–H and O–H groups in total. The van der Waals surface area contributed by atoms with Gasteiger partial charge in [0.05, 0.1) is 23.2 Å². The fraction of sp³-hybridized carbons (Fsp3) is 0.222. The van der Waals surface area contributed by atoms with Crippen LogP contribution in [-0.2, 0) is 27.9 Å². The number of nitrogens with zero attached hydrogens (tertiary/aromatic N) is 2. The molecule has 0 saturated carbocycles. The van der Waals surface area contributed by atoms with Gasteiger partial charge in [-0.25, -0.2) is 0 Å². The highest BCUT2D eigenvalue weighted by Crippen LogP contribution is 2.22. The number of aromatic nitrogens is 2. The summed E-state index contributed by atoms with van der Waals surface area (Å²) in [5, 5.41) is 3.95. The first-order valence-electron chi connectivity index (χ1n) is 7.52. The van der Waals surface area contributed by atoms with E-state index in [1.54, 1.807) is 7.11 Å². The molecule has 124 valence electrons. The monoisotopic (exact) mass is 342 g/mol. The summed E-state index contributed by atoms with van der Waals surface area (Å²) in [5.41, 5.74) is 2.99. The molecule has 0 saturated heterocycles. The largest absolute Gasteiger partial charge is 0.380 e. The predicted octanol–water partition coefficient (Wildman–Crippen LogP) is 3.50. The molecule has 0 amide bonds. The Labute approximate surface area is 143 Å². The van der Waals surface area contributed by atoms with Crippen molar-refractivity contribution < 1.29 is 13.5 Å². The van der Waals surface area contributed by atoms with E-state index in [0.717, 1.165) is 21.6 Å². The first-order valence-corrected chi connectivity index (χ1v) is 8.84. The Bertz CT molecular complexity index is 843. The fourth-order valence-corrected chi connectivity index (χ4v) is 3.30. The Morgan fingerprint density at radius 3 is 2.58 bits per heavy atom. The highest BCUT2D eigenvalue weighted by Gasteiger charge is 2.14. The van der Waals surface area contributed by atoms with Crippen molar-refractivity contribution in [3.8, 4) is 11.5 Å². The summed E-state index contributed by atoms with van der Waals surface area (Å²) in [6, 6.07) is 15.3. The van der Waals surface area contributed by atoms with Gasteiger partial charge in [-0.05, 0) is 36.2 Å². The van der Waals surface area contributed by atoms with E-state index in [0.29, 0.717) is 18.3 Å². The Hall–Kier alpha value is -2.31. The van der Waals surface area contributed by atoms with Crippen molar-refractivity contribution in [1.82, 2.24) is 10.1 Å². The third kappa shape index (κ3) is 3.77. The number of rotatable bonds is 6. The van der Waals surface area contributed by atoms with Crippen LogP contribution in [0.3, 0.4) is 0 Å². The third-order valence-electron chi connectivity index (χ3n) is 3.60. The summed E-state index contributed by atoms with van der Waals surface area (Å²) < 4.78 is 22.8. The molecule has 1 atom stereocenters. The van der Waals surface area contributed by atoms with Crippen molar-refractivity contribution in [1.29, 1.82) is 0 Å². The topological polar surface area (TPSA) is 65.2 Å². The summed E-state index contributed by atoms with van der Waals surface area (Å²) >= 11 is 0. The normalized spacial score (nSPS) is 12.2. The van der Waals surface area contributed by atoms with Crippen LogP contribution in [0.15, 0.2) is 57.9 Å². The number of hydrogen-bond donors (Lipinski definition) is 0.